The van der Waals surface area contributed by atoms with E-state index < -0.39 is 6.10 Å². The Labute approximate surface area is 88.1 Å². The highest BCUT2D eigenvalue weighted by Crippen LogP contribution is 2.20. The Kier molecular flexibility index (Phi) is 3.17. The Morgan fingerprint density at radius 2 is 2.20 bits per heavy atom. The van der Waals surface area contributed by atoms with Crippen LogP contribution < -0.4 is 10.6 Å². The van der Waals surface area contributed by atoms with E-state index in [4.69, 9.17) is 10.3 Å². The monoisotopic (exact) mass is 212 g/mol. The molecule has 1 aromatic rings. The minimum absolute atomic E-state index is 0.266. The number of nitrogens with two attached hydrogens (primary N) is 1. The summed E-state index contributed by atoms with van der Waals surface area (Å²) in [4.78, 5) is 6.21. The van der Waals surface area contributed by atoms with Crippen molar-refractivity contribution >= 4 is 5.95 Å². The van der Waals surface area contributed by atoms with Gasteiger partial charge in [-0.05, 0) is 31.0 Å². The molecule has 6 heteroatoms. The molecule has 1 aromatic heterocycles. The van der Waals surface area contributed by atoms with Crippen molar-refractivity contribution in [2.24, 2.45) is 5.73 Å². The molecule has 0 unspecified atom stereocenters. The molecule has 84 valence electrons. The van der Waals surface area contributed by atoms with E-state index in [-0.39, 0.29) is 5.89 Å². The van der Waals surface area contributed by atoms with Gasteiger partial charge in [0.1, 0.15) is 6.10 Å². The van der Waals surface area contributed by atoms with Gasteiger partial charge in [-0.2, -0.15) is 4.98 Å². The van der Waals surface area contributed by atoms with Crippen LogP contribution in [0.2, 0.25) is 0 Å². The average molecular weight is 212 g/mol. The molecule has 3 N–H and O–H groups in total. The van der Waals surface area contributed by atoms with Gasteiger partial charge in [0.25, 0.3) is 11.8 Å². The minimum atomic E-state index is -0.737. The van der Waals surface area contributed by atoms with E-state index in [2.05, 4.69) is 15.0 Å². The first-order valence-corrected chi connectivity index (χ1v) is 5.28. The van der Waals surface area contributed by atoms with Crippen LogP contribution in [0.4, 0.5) is 5.95 Å². The fourth-order valence-corrected chi connectivity index (χ4v) is 1.69. The van der Waals surface area contributed by atoms with Crippen molar-refractivity contribution < 1.29 is 9.63 Å². The molecule has 0 saturated carbocycles. The molecule has 2 rings (SSSR count). The van der Waals surface area contributed by atoms with Crippen LogP contribution in [-0.2, 0) is 0 Å². The molecule has 1 aliphatic heterocycles. The molecular weight excluding hydrogens is 196 g/mol. The summed E-state index contributed by atoms with van der Waals surface area (Å²) in [5.74, 6) is 0.848. The van der Waals surface area contributed by atoms with E-state index in [9.17, 15) is 5.11 Å². The molecule has 0 bridgehead atoms. The Bertz CT molecular complexity index is 309. The van der Waals surface area contributed by atoms with Crippen molar-refractivity contribution in [2.75, 3.05) is 24.5 Å². The number of aromatic nitrogens is 2. The van der Waals surface area contributed by atoms with Crippen LogP contribution in [0.15, 0.2) is 4.52 Å². The topological polar surface area (TPSA) is 88.4 Å². The van der Waals surface area contributed by atoms with Crippen molar-refractivity contribution in [3.05, 3.63) is 5.89 Å². The number of anilines is 1. The number of rotatable bonds is 4. The summed E-state index contributed by atoms with van der Waals surface area (Å²) in [6, 6.07) is 0. The maximum Gasteiger partial charge on any atom is 0.266 e. The average Bonchev–Trinajstić information content (AvgIpc) is 2.89. The number of hydrogen-bond acceptors (Lipinski definition) is 6. The van der Waals surface area contributed by atoms with Gasteiger partial charge in [0, 0.05) is 13.1 Å². The first kappa shape index (κ1) is 10.4. The van der Waals surface area contributed by atoms with Gasteiger partial charge in [0.05, 0.1) is 0 Å². The first-order chi connectivity index (χ1) is 7.31. The number of hydrogen-bond donors (Lipinski definition) is 2. The van der Waals surface area contributed by atoms with Gasteiger partial charge in [0.15, 0.2) is 0 Å². The van der Waals surface area contributed by atoms with E-state index in [1.54, 1.807) is 0 Å². The lowest BCUT2D eigenvalue weighted by Gasteiger charge is -2.09. The maximum atomic E-state index is 9.58. The quantitative estimate of drug-likeness (QED) is 0.733. The second-order valence-corrected chi connectivity index (χ2v) is 3.72. The van der Waals surface area contributed by atoms with E-state index >= 15 is 0 Å². The summed E-state index contributed by atoms with van der Waals surface area (Å²) in [7, 11) is 0. The number of nitrogens with zero attached hydrogens (tertiary/aromatic N) is 3. The first-order valence-electron chi connectivity index (χ1n) is 5.28. The van der Waals surface area contributed by atoms with Gasteiger partial charge in [-0.1, -0.05) is 0 Å². The van der Waals surface area contributed by atoms with Crippen molar-refractivity contribution in [3.8, 4) is 0 Å². The standard InChI is InChI=1S/C9H16N4O2/c10-4-3-7(14)8-11-9(12-15-8)13-5-1-2-6-13/h7,14H,1-6,10H2/t7-/m0/s1. The van der Waals surface area contributed by atoms with Gasteiger partial charge in [-0.25, -0.2) is 0 Å². The van der Waals surface area contributed by atoms with Gasteiger partial charge in [0.2, 0.25) is 0 Å². The largest absolute Gasteiger partial charge is 0.383 e. The third-order valence-corrected chi connectivity index (χ3v) is 2.55. The van der Waals surface area contributed by atoms with Crippen LogP contribution in [0, 0.1) is 0 Å². The van der Waals surface area contributed by atoms with Crippen molar-refractivity contribution in [1.82, 2.24) is 10.1 Å². The molecular formula is C9H16N4O2. The highest BCUT2D eigenvalue weighted by Gasteiger charge is 2.20. The summed E-state index contributed by atoms with van der Waals surface area (Å²) in [6.45, 7) is 2.33. The van der Waals surface area contributed by atoms with Gasteiger partial charge in [-0.15, -0.1) is 0 Å². The molecule has 0 amide bonds. The second kappa shape index (κ2) is 4.59. The van der Waals surface area contributed by atoms with E-state index in [1.807, 2.05) is 0 Å². The highest BCUT2D eigenvalue weighted by atomic mass is 16.5. The highest BCUT2D eigenvalue weighted by molar-refractivity contribution is 5.29. The molecule has 1 saturated heterocycles. The number of aliphatic hydroxyl groups is 1. The predicted octanol–water partition coefficient (Wildman–Crippen LogP) is 0.0520. The smallest absolute Gasteiger partial charge is 0.266 e. The molecule has 0 radical (unpaired) electrons. The molecule has 15 heavy (non-hydrogen) atoms. The van der Waals surface area contributed by atoms with Crippen LogP contribution in [0.1, 0.15) is 31.3 Å². The van der Waals surface area contributed by atoms with Gasteiger partial charge < -0.3 is 20.3 Å². The molecule has 2 heterocycles. The zero-order valence-electron chi connectivity index (χ0n) is 8.59. The Balaban J connectivity index is 2.02. The van der Waals surface area contributed by atoms with Crippen LogP contribution in [0.3, 0.4) is 0 Å². The fourth-order valence-electron chi connectivity index (χ4n) is 1.69. The fraction of sp³-hybridized carbons (Fsp3) is 0.778. The van der Waals surface area contributed by atoms with Crippen LogP contribution in [-0.4, -0.2) is 34.9 Å². The van der Waals surface area contributed by atoms with E-state index in [1.165, 1.54) is 0 Å². The maximum absolute atomic E-state index is 9.58. The molecule has 0 aromatic carbocycles. The van der Waals surface area contributed by atoms with Crippen LogP contribution in [0.5, 0.6) is 0 Å². The third kappa shape index (κ3) is 2.27. The second-order valence-electron chi connectivity index (χ2n) is 3.72. The molecule has 0 spiro atoms. The molecule has 1 atom stereocenters. The van der Waals surface area contributed by atoms with Crippen molar-refractivity contribution in [1.29, 1.82) is 0 Å². The Morgan fingerprint density at radius 1 is 1.47 bits per heavy atom. The van der Waals surface area contributed by atoms with Crippen molar-refractivity contribution in [3.63, 3.8) is 0 Å². The van der Waals surface area contributed by atoms with Gasteiger partial charge in [-0.3, -0.25) is 0 Å². The summed E-state index contributed by atoms with van der Waals surface area (Å²) in [5.41, 5.74) is 5.34. The Morgan fingerprint density at radius 3 is 2.87 bits per heavy atom. The minimum Gasteiger partial charge on any atom is -0.383 e. The van der Waals surface area contributed by atoms with Crippen LogP contribution in [0.25, 0.3) is 0 Å². The predicted molar refractivity (Wildman–Crippen MR) is 54.4 cm³/mol. The zero-order chi connectivity index (χ0) is 10.7. The summed E-state index contributed by atoms with van der Waals surface area (Å²) >= 11 is 0. The zero-order valence-corrected chi connectivity index (χ0v) is 8.59. The molecule has 0 aliphatic carbocycles. The SMILES string of the molecule is NCC[C@H](O)c1nc(N2CCCC2)no1. The summed E-state index contributed by atoms with van der Waals surface area (Å²) in [5, 5.41) is 13.4. The van der Waals surface area contributed by atoms with Crippen LogP contribution >= 0.6 is 0 Å². The lowest BCUT2D eigenvalue weighted by Crippen LogP contribution is -2.19. The summed E-state index contributed by atoms with van der Waals surface area (Å²) < 4.78 is 4.98. The lowest BCUT2D eigenvalue weighted by atomic mass is 10.2. The van der Waals surface area contributed by atoms with E-state index in [0.717, 1.165) is 25.9 Å². The molecule has 1 aliphatic rings. The molecule has 6 nitrogen and oxygen atoms in total. The summed E-state index contributed by atoms with van der Waals surface area (Å²) in [6.07, 6.45) is 2.03. The number of aliphatic hydroxyl groups excluding tert-OH is 1. The third-order valence-electron chi connectivity index (χ3n) is 2.55. The van der Waals surface area contributed by atoms with Crippen molar-refractivity contribution in [2.45, 2.75) is 25.4 Å². The van der Waals surface area contributed by atoms with E-state index in [0.29, 0.717) is 18.9 Å². The lowest BCUT2D eigenvalue weighted by molar-refractivity contribution is 0.127. The van der Waals surface area contributed by atoms with Gasteiger partial charge >= 0.3 is 0 Å². The molecule has 1 fully saturated rings. The Hall–Kier alpha value is -1.14. The normalized spacial score (nSPS) is 18.4.